The second-order valence-corrected chi connectivity index (χ2v) is 9.57. The molecule has 0 rings (SSSR count). The van der Waals surface area contributed by atoms with E-state index in [0.29, 0.717) is 13.2 Å². The van der Waals surface area contributed by atoms with Gasteiger partial charge in [0.15, 0.2) is 0 Å². The molecule has 0 aliphatic heterocycles. The van der Waals surface area contributed by atoms with Crippen molar-refractivity contribution in [2.45, 2.75) is 64.5 Å². The molecular weight excluding hydrogens is 352 g/mol. The summed E-state index contributed by atoms with van der Waals surface area (Å²) in [6.45, 7) is 7.43. The molecule has 0 aromatic rings. The highest BCUT2D eigenvalue weighted by Crippen LogP contribution is 2.32. The van der Waals surface area contributed by atoms with Crippen molar-refractivity contribution in [2.75, 3.05) is 30.5 Å². The highest BCUT2D eigenvalue weighted by molar-refractivity contribution is 7.80. The lowest BCUT2D eigenvalue weighted by molar-refractivity contribution is -0.0297. The van der Waals surface area contributed by atoms with Gasteiger partial charge in [-0.3, -0.25) is 0 Å². The molecule has 0 N–H and O–H groups in total. The predicted octanol–water partition coefficient (Wildman–Crippen LogP) is 4.51. The highest BCUT2D eigenvalue weighted by atomic mass is 32.1. The van der Waals surface area contributed by atoms with E-state index in [1.54, 1.807) is 0 Å². The third-order valence-corrected chi connectivity index (χ3v) is 7.67. The molecule has 0 aromatic carbocycles. The van der Waals surface area contributed by atoms with Crippen LogP contribution in [0.4, 0.5) is 0 Å². The van der Waals surface area contributed by atoms with Crippen LogP contribution in [0.3, 0.4) is 0 Å². The highest BCUT2D eigenvalue weighted by Gasteiger charge is 2.45. The van der Waals surface area contributed by atoms with Crippen LogP contribution in [-0.4, -0.2) is 44.9 Å². The SMILES string of the molecule is CCO[Si](CCCS)(OCC)OC(C)(CCCS)CCCS. The van der Waals surface area contributed by atoms with Crippen molar-refractivity contribution in [2.24, 2.45) is 0 Å². The Balaban J connectivity index is 5.10. The molecule has 7 heteroatoms. The van der Waals surface area contributed by atoms with Gasteiger partial charge in [0.05, 0.1) is 5.60 Å². The van der Waals surface area contributed by atoms with E-state index < -0.39 is 8.80 Å². The molecule has 0 fully saturated rings. The van der Waals surface area contributed by atoms with Gasteiger partial charge < -0.3 is 13.3 Å². The normalized spacial score (nSPS) is 12.8. The summed E-state index contributed by atoms with van der Waals surface area (Å²) in [4.78, 5) is 0. The Morgan fingerprint density at radius 1 is 0.818 bits per heavy atom. The van der Waals surface area contributed by atoms with Gasteiger partial charge in [-0.2, -0.15) is 37.9 Å². The number of hydrogen-bond donors (Lipinski definition) is 3. The molecule has 0 aliphatic carbocycles. The Labute approximate surface area is 154 Å². The third kappa shape index (κ3) is 9.44. The van der Waals surface area contributed by atoms with Crippen molar-refractivity contribution >= 4 is 46.7 Å². The van der Waals surface area contributed by atoms with Crippen LogP contribution in [0.5, 0.6) is 0 Å². The Morgan fingerprint density at radius 3 is 1.64 bits per heavy atom. The van der Waals surface area contributed by atoms with Crippen molar-refractivity contribution in [1.82, 2.24) is 0 Å². The summed E-state index contributed by atoms with van der Waals surface area (Å²) in [6, 6.07) is 0.829. The van der Waals surface area contributed by atoms with Crippen LogP contribution in [0, 0.1) is 0 Å². The lowest BCUT2D eigenvalue weighted by Gasteiger charge is -2.39. The quantitative estimate of drug-likeness (QED) is 0.285. The molecule has 0 spiro atoms. The van der Waals surface area contributed by atoms with E-state index in [4.69, 9.17) is 13.3 Å². The van der Waals surface area contributed by atoms with Gasteiger partial charge in [0.25, 0.3) is 0 Å². The number of hydrogen-bond acceptors (Lipinski definition) is 6. The topological polar surface area (TPSA) is 27.7 Å². The Bertz CT molecular complexity index is 256. The van der Waals surface area contributed by atoms with Crippen molar-refractivity contribution in [1.29, 1.82) is 0 Å². The summed E-state index contributed by atoms with van der Waals surface area (Å²) in [7, 11) is -2.65. The molecular formula is C15H34O3S3Si. The van der Waals surface area contributed by atoms with E-state index in [1.807, 2.05) is 13.8 Å². The van der Waals surface area contributed by atoms with Crippen LogP contribution in [0.15, 0.2) is 0 Å². The predicted molar refractivity (Wildman–Crippen MR) is 108 cm³/mol. The monoisotopic (exact) mass is 386 g/mol. The molecule has 0 unspecified atom stereocenters. The number of rotatable bonds is 15. The molecule has 0 saturated carbocycles. The van der Waals surface area contributed by atoms with E-state index in [-0.39, 0.29) is 5.60 Å². The third-order valence-electron chi connectivity index (χ3n) is 3.50. The lowest BCUT2D eigenvalue weighted by Crippen LogP contribution is -2.52. The van der Waals surface area contributed by atoms with Gasteiger partial charge in [0.1, 0.15) is 0 Å². The lowest BCUT2D eigenvalue weighted by atomic mass is 9.95. The maximum absolute atomic E-state index is 6.61. The summed E-state index contributed by atoms with van der Waals surface area (Å²) >= 11 is 13.0. The first-order chi connectivity index (χ1) is 10.5. The molecule has 0 bridgehead atoms. The summed E-state index contributed by atoms with van der Waals surface area (Å²) in [6.07, 6.45) is 4.95. The van der Waals surface area contributed by atoms with Crippen molar-refractivity contribution < 1.29 is 13.3 Å². The van der Waals surface area contributed by atoms with Crippen LogP contribution in [0.2, 0.25) is 6.04 Å². The minimum atomic E-state index is -2.65. The zero-order valence-electron chi connectivity index (χ0n) is 14.3. The van der Waals surface area contributed by atoms with Gasteiger partial charge in [0, 0.05) is 19.3 Å². The standard InChI is InChI=1S/C15H34O3S3Si/c1-4-16-22(17-5-2,14-8-13-21)18-15(3,9-6-11-19)10-7-12-20/h19-21H,4-14H2,1-3H3. The van der Waals surface area contributed by atoms with Gasteiger partial charge in [-0.1, -0.05) is 0 Å². The maximum atomic E-state index is 6.61. The molecule has 0 atom stereocenters. The minimum Gasteiger partial charge on any atom is -0.374 e. The summed E-state index contributed by atoms with van der Waals surface area (Å²) < 4.78 is 18.7. The molecule has 0 aliphatic rings. The average molecular weight is 387 g/mol. The van der Waals surface area contributed by atoms with E-state index >= 15 is 0 Å². The first-order valence-electron chi connectivity index (χ1n) is 8.32. The first kappa shape index (κ1) is 23.1. The zero-order chi connectivity index (χ0) is 16.9. The summed E-state index contributed by atoms with van der Waals surface area (Å²) in [5.74, 6) is 2.56. The van der Waals surface area contributed by atoms with Crippen LogP contribution in [0.1, 0.15) is 52.9 Å². The van der Waals surface area contributed by atoms with Crippen LogP contribution >= 0.6 is 37.9 Å². The number of thiol groups is 3. The molecule has 22 heavy (non-hydrogen) atoms. The van der Waals surface area contributed by atoms with E-state index in [1.165, 1.54) is 0 Å². The molecule has 3 nitrogen and oxygen atoms in total. The fourth-order valence-corrected chi connectivity index (χ4v) is 6.35. The van der Waals surface area contributed by atoms with E-state index in [2.05, 4.69) is 44.8 Å². The van der Waals surface area contributed by atoms with Crippen LogP contribution in [0.25, 0.3) is 0 Å². The van der Waals surface area contributed by atoms with Gasteiger partial charge in [-0.25, -0.2) is 0 Å². The molecule has 0 heterocycles. The molecule has 0 aromatic heterocycles. The zero-order valence-corrected chi connectivity index (χ0v) is 18.0. The Hall–Kier alpha value is 1.15. The minimum absolute atomic E-state index is 0.224. The molecule has 0 saturated heterocycles. The van der Waals surface area contributed by atoms with Crippen molar-refractivity contribution in [3.8, 4) is 0 Å². The van der Waals surface area contributed by atoms with Crippen LogP contribution in [-0.2, 0) is 13.3 Å². The first-order valence-corrected chi connectivity index (χ1v) is 12.1. The van der Waals surface area contributed by atoms with Gasteiger partial charge in [-0.15, -0.1) is 0 Å². The van der Waals surface area contributed by atoms with Gasteiger partial charge in [0.2, 0.25) is 0 Å². The largest absolute Gasteiger partial charge is 0.501 e. The smallest absolute Gasteiger partial charge is 0.374 e. The summed E-state index contributed by atoms with van der Waals surface area (Å²) in [5, 5.41) is 0. The Kier molecular flexibility index (Phi) is 14.1. The Morgan fingerprint density at radius 2 is 1.27 bits per heavy atom. The second kappa shape index (κ2) is 13.4. The van der Waals surface area contributed by atoms with Crippen molar-refractivity contribution in [3.05, 3.63) is 0 Å². The molecule has 0 amide bonds. The maximum Gasteiger partial charge on any atom is 0.501 e. The molecule has 0 radical (unpaired) electrons. The summed E-state index contributed by atoms with van der Waals surface area (Å²) in [5.41, 5.74) is -0.224. The van der Waals surface area contributed by atoms with Gasteiger partial charge in [-0.05, 0) is 70.1 Å². The fourth-order valence-electron chi connectivity index (χ4n) is 2.54. The fraction of sp³-hybridized carbons (Fsp3) is 1.00. The second-order valence-electron chi connectivity index (χ2n) is 5.58. The van der Waals surface area contributed by atoms with E-state index in [0.717, 1.165) is 55.4 Å². The van der Waals surface area contributed by atoms with E-state index in [9.17, 15) is 0 Å². The van der Waals surface area contributed by atoms with Gasteiger partial charge >= 0.3 is 8.80 Å². The molecule has 134 valence electrons. The average Bonchev–Trinajstić information content (AvgIpc) is 2.50. The van der Waals surface area contributed by atoms with Crippen LogP contribution < -0.4 is 0 Å². The van der Waals surface area contributed by atoms with Crippen molar-refractivity contribution in [3.63, 3.8) is 0 Å².